The summed E-state index contributed by atoms with van der Waals surface area (Å²) >= 11 is 1.76. The summed E-state index contributed by atoms with van der Waals surface area (Å²) in [5.74, 6) is 7.24. The molecular weight excluding hydrogens is 232 g/mol. The maximum atomic E-state index is 5.53. The van der Waals surface area contributed by atoms with Gasteiger partial charge in [-0.05, 0) is 31.2 Å². The van der Waals surface area contributed by atoms with Crippen LogP contribution in [0.5, 0.6) is 0 Å². The summed E-state index contributed by atoms with van der Waals surface area (Å²) in [7, 11) is 0. The number of aryl methyl sites for hydroxylation is 1. The van der Waals surface area contributed by atoms with Crippen molar-refractivity contribution < 1.29 is 4.42 Å². The van der Waals surface area contributed by atoms with Gasteiger partial charge in [0, 0.05) is 10.6 Å². The molecule has 1 aromatic heterocycles. The summed E-state index contributed by atoms with van der Waals surface area (Å²) < 4.78 is 5.34. The molecule has 0 aliphatic heterocycles. The first kappa shape index (κ1) is 12.2. The first-order valence-electron chi connectivity index (χ1n) is 5.48. The number of benzene rings is 1. The van der Waals surface area contributed by atoms with Crippen molar-refractivity contribution in [1.29, 1.82) is 0 Å². The quantitative estimate of drug-likeness (QED) is 0.485. The van der Waals surface area contributed by atoms with E-state index < -0.39 is 0 Å². The molecule has 2 aromatic rings. The van der Waals surface area contributed by atoms with Crippen LogP contribution in [0.4, 0.5) is 0 Å². The van der Waals surface area contributed by atoms with E-state index in [1.807, 2.05) is 12.1 Å². The topological polar surface area (TPSA) is 51.2 Å². The molecule has 3 nitrogen and oxygen atoms in total. The Morgan fingerprint density at radius 1 is 1.29 bits per heavy atom. The van der Waals surface area contributed by atoms with E-state index in [1.54, 1.807) is 18.0 Å². The van der Waals surface area contributed by atoms with Crippen molar-refractivity contribution in [3.05, 3.63) is 54.0 Å². The molecule has 17 heavy (non-hydrogen) atoms. The second-order valence-corrected chi connectivity index (χ2v) is 4.95. The number of hydrogen-bond donors (Lipinski definition) is 2. The van der Waals surface area contributed by atoms with Gasteiger partial charge >= 0.3 is 0 Å². The largest absolute Gasteiger partial charge is 0.468 e. The van der Waals surface area contributed by atoms with Gasteiger partial charge in [0.15, 0.2) is 0 Å². The van der Waals surface area contributed by atoms with E-state index in [2.05, 4.69) is 36.6 Å². The van der Waals surface area contributed by atoms with Gasteiger partial charge in [0.1, 0.15) is 5.76 Å². The third kappa shape index (κ3) is 3.36. The van der Waals surface area contributed by atoms with Gasteiger partial charge in [-0.1, -0.05) is 17.7 Å². The maximum Gasteiger partial charge on any atom is 0.122 e. The second kappa shape index (κ2) is 5.91. The van der Waals surface area contributed by atoms with E-state index in [4.69, 9.17) is 10.3 Å². The maximum absolute atomic E-state index is 5.53. The van der Waals surface area contributed by atoms with Crippen LogP contribution in [-0.2, 0) is 0 Å². The zero-order valence-corrected chi connectivity index (χ0v) is 10.5. The van der Waals surface area contributed by atoms with Crippen LogP contribution in [-0.4, -0.2) is 5.75 Å². The number of rotatable bonds is 5. The van der Waals surface area contributed by atoms with Gasteiger partial charge in [0.25, 0.3) is 0 Å². The lowest BCUT2D eigenvalue weighted by Gasteiger charge is -2.12. The van der Waals surface area contributed by atoms with Crippen molar-refractivity contribution >= 4 is 11.8 Å². The fourth-order valence-corrected chi connectivity index (χ4v) is 2.46. The molecule has 0 aliphatic rings. The van der Waals surface area contributed by atoms with Gasteiger partial charge in [-0.3, -0.25) is 5.84 Å². The Morgan fingerprint density at radius 2 is 2.06 bits per heavy atom. The molecule has 0 aliphatic carbocycles. The molecule has 0 saturated heterocycles. The van der Waals surface area contributed by atoms with Crippen LogP contribution in [0.25, 0.3) is 0 Å². The van der Waals surface area contributed by atoms with E-state index in [9.17, 15) is 0 Å². The fourth-order valence-electron chi connectivity index (χ4n) is 1.52. The Morgan fingerprint density at radius 3 is 2.65 bits per heavy atom. The van der Waals surface area contributed by atoms with Crippen molar-refractivity contribution in [2.24, 2.45) is 5.84 Å². The number of thioether (sulfide) groups is 1. The Labute approximate surface area is 105 Å². The molecule has 3 N–H and O–H groups in total. The minimum atomic E-state index is 0.0382. The molecular formula is C13H16N2OS. The molecule has 4 heteroatoms. The number of nitrogens with two attached hydrogens (primary N) is 1. The standard InChI is InChI=1S/C13H16N2OS/c1-10-4-6-11(7-5-10)17-9-12(15-14)13-3-2-8-16-13/h2-8,12,15H,9,14H2,1H3. The monoisotopic (exact) mass is 248 g/mol. The summed E-state index contributed by atoms with van der Waals surface area (Å²) in [5.41, 5.74) is 4.04. The Hall–Kier alpha value is -1.23. The normalized spacial score (nSPS) is 12.6. The summed E-state index contributed by atoms with van der Waals surface area (Å²) in [6.45, 7) is 2.08. The molecule has 0 saturated carbocycles. The zero-order valence-electron chi connectivity index (χ0n) is 9.72. The first-order valence-corrected chi connectivity index (χ1v) is 6.47. The van der Waals surface area contributed by atoms with Crippen LogP contribution in [0.3, 0.4) is 0 Å². The average Bonchev–Trinajstić information content (AvgIpc) is 2.86. The SMILES string of the molecule is Cc1ccc(SCC(NN)c2ccco2)cc1. The molecule has 0 bridgehead atoms. The van der Waals surface area contributed by atoms with Gasteiger partial charge in [-0.2, -0.15) is 0 Å². The molecule has 0 spiro atoms. The summed E-state index contributed by atoms with van der Waals surface area (Å²) in [6, 6.07) is 12.3. The Kier molecular flexibility index (Phi) is 4.25. The number of hydrazine groups is 1. The molecule has 1 unspecified atom stereocenters. The highest BCUT2D eigenvalue weighted by atomic mass is 32.2. The van der Waals surface area contributed by atoms with Crippen LogP contribution in [0.2, 0.25) is 0 Å². The van der Waals surface area contributed by atoms with Crippen LogP contribution in [0.1, 0.15) is 17.4 Å². The Bertz CT molecular complexity index is 439. The van der Waals surface area contributed by atoms with Crippen LogP contribution in [0, 0.1) is 6.92 Å². The average molecular weight is 248 g/mol. The van der Waals surface area contributed by atoms with Crippen LogP contribution in [0.15, 0.2) is 52.0 Å². The second-order valence-electron chi connectivity index (χ2n) is 3.86. The number of nitrogens with one attached hydrogen (secondary N) is 1. The predicted molar refractivity (Wildman–Crippen MR) is 70.7 cm³/mol. The molecule has 2 rings (SSSR count). The van der Waals surface area contributed by atoms with E-state index >= 15 is 0 Å². The van der Waals surface area contributed by atoms with E-state index in [-0.39, 0.29) is 6.04 Å². The lowest BCUT2D eigenvalue weighted by molar-refractivity contribution is 0.440. The highest BCUT2D eigenvalue weighted by Crippen LogP contribution is 2.24. The third-order valence-electron chi connectivity index (χ3n) is 2.53. The molecule has 0 amide bonds. The van der Waals surface area contributed by atoms with E-state index in [1.165, 1.54) is 10.5 Å². The number of hydrogen-bond acceptors (Lipinski definition) is 4. The van der Waals surface area contributed by atoms with E-state index in [0.717, 1.165) is 11.5 Å². The molecule has 1 atom stereocenters. The third-order valence-corrected chi connectivity index (χ3v) is 3.63. The minimum absolute atomic E-state index is 0.0382. The number of furan rings is 1. The minimum Gasteiger partial charge on any atom is -0.468 e. The molecule has 1 heterocycles. The van der Waals surface area contributed by atoms with Gasteiger partial charge in [0.05, 0.1) is 12.3 Å². The van der Waals surface area contributed by atoms with Crippen molar-refractivity contribution in [1.82, 2.24) is 5.43 Å². The van der Waals surface area contributed by atoms with Gasteiger partial charge in [-0.25, -0.2) is 5.43 Å². The van der Waals surface area contributed by atoms with Crippen molar-refractivity contribution in [3.8, 4) is 0 Å². The molecule has 90 valence electrons. The van der Waals surface area contributed by atoms with Crippen LogP contribution < -0.4 is 11.3 Å². The Balaban J connectivity index is 1.94. The molecule has 0 fully saturated rings. The lowest BCUT2D eigenvalue weighted by Crippen LogP contribution is -2.29. The van der Waals surface area contributed by atoms with Crippen LogP contribution >= 0.6 is 11.8 Å². The fraction of sp³-hybridized carbons (Fsp3) is 0.231. The molecule has 0 radical (unpaired) electrons. The van der Waals surface area contributed by atoms with Crippen molar-refractivity contribution in [2.45, 2.75) is 17.9 Å². The van der Waals surface area contributed by atoms with Crippen molar-refractivity contribution in [3.63, 3.8) is 0 Å². The smallest absolute Gasteiger partial charge is 0.122 e. The van der Waals surface area contributed by atoms with Gasteiger partial charge in [-0.15, -0.1) is 11.8 Å². The van der Waals surface area contributed by atoms with Crippen molar-refractivity contribution in [2.75, 3.05) is 5.75 Å². The van der Waals surface area contributed by atoms with Gasteiger partial charge in [0.2, 0.25) is 0 Å². The van der Waals surface area contributed by atoms with E-state index in [0.29, 0.717) is 0 Å². The predicted octanol–water partition coefficient (Wildman–Crippen LogP) is 2.88. The summed E-state index contributed by atoms with van der Waals surface area (Å²) in [6.07, 6.45) is 1.66. The lowest BCUT2D eigenvalue weighted by atomic mass is 10.2. The summed E-state index contributed by atoms with van der Waals surface area (Å²) in [4.78, 5) is 1.24. The highest BCUT2D eigenvalue weighted by molar-refractivity contribution is 7.99. The summed E-state index contributed by atoms with van der Waals surface area (Å²) in [5, 5.41) is 0. The highest BCUT2D eigenvalue weighted by Gasteiger charge is 2.12. The molecule has 1 aromatic carbocycles. The zero-order chi connectivity index (χ0) is 12.1. The van der Waals surface area contributed by atoms with Gasteiger partial charge < -0.3 is 4.42 Å². The first-order chi connectivity index (χ1) is 8.29.